The first-order valence-corrected chi connectivity index (χ1v) is 12.4. The quantitative estimate of drug-likeness (QED) is 0.196. The third kappa shape index (κ3) is 6.75. The van der Waals surface area contributed by atoms with Crippen LogP contribution in [0.2, 0.25) is 0 Å². The van der Waals surface area contributed by atoms with E-state index < -0.39 is 53.7 Å². The standard InChI is InChI=1S/C24H42N2O8/c1-5-14(2)24(31,32)21(28)22(29)26-11-7-6-8-18(26)23(30)34-15(3)17(25)12-16-9-10-19(27)20(13-16)33-4/h14-20,27,31-32H,5-13,25H2,1-4H3/t14-,15+,16+,17-,18+,19-,20-/m1/s1. The molecule has 0 bridgehead atoms. The molecule has 0 radical (unpaired) electrons. The molecular formula is C24H42N2O8. The van der Waals surface area contributed by atoms with Gasteiger partial charge in [0.2, 0.25) is 5.79 Å². The molecule has 2 fully saturated rings. The predicted octanol–water partition coefficient (Wildman–Crippen LogP) is 0.489. The van der Waals surface area contributed by atoms with E-state index in [-0.39, 0.29) is 25.0 Å². The highest BCUT2D eigenvalue weighted by atomic mass is 16.5. The molecule has 1 heterocycles. The first-order valence-electron chi connectivity index (χ1n) is 12.4. The molecule has 1 saturated carbocycles. The molecule has 0 aromatic carbocycles. The maximum Gasteiger partial charge on any atom is 0.329 e. The monoisotopic (exact) mass is 486 g/mol. The van der Waals surface area contributed by atoms with E-state index in [0.29, 0.717) is 38.5 Å². The smallest absolute Gasteiger partial charge is 0.329 e. The summed E-state index contributed by atoms with van der Waals surface area (Å²) in [7, 11) is 1.57. The summed E-state index contributed by atoms with van der Waals surface area (Å²) in [6.45, 7) is 5.01. The van der Waals surface area contributed by atoms with E-state index in [9.17, 15) is 29.7 Å². The topological polar surface area (TPSA) is 160 Å². The third-order valence-electron chi connectivity index (χ3n) is 7.54. The van der Waals surface area contributed by atoms with Gasteiger partial charge in [-0.2, -0.15) is 0 Å². The summed E-state index contributed by atoms with van der Waals surface area (Å²) in [5.41, 5.74) is 6.31. The zero-order valence-corrected chi connectivity index (χ0v) is 20.8. The van der Waals surface area contributed by atoms with Crippen LogP contribution < -0.4 is 5.73 Å². The summed E-state index contributed by atoms with van der Waals surface area (Å²) < 4.78 is 10.9. The van der Waals surface area contributed by atoms with Gasteiger partial charge in [-0.15, -0.1) is 0 Å². The number of rotatable bonds is 10. The highest BCUT2D eigenvalue weighted by Crippen LogP contribution is 2.30. The van der Waals surface area contributed by atoms with E-state index in [1.54, 1.807) is 21.0 Å². The van der Waals surface area contributed by atoms with Crippen LogP contribution in [0.3, 0.4) is 0 Å². The highest BCUT2D eigenvalue weighted by Gasteiger charge is 2.47. The second-order valence-corrected chi connectivity index (χ2v) is 9.94. The Morgan fingerprint density at radius 1 is 1.15 bits per heavy atom. The molecule has 2 aliphatic rings. The number of nitrogens with two attached hydrogens (primary N) is 1. The van der Waals surface area contributed by atoms with Crippen molar-refractivity contribution in [2.24, 2.45) is 17.6 Å². The average molecular weight is 487 g/mol. The third-order valence-corrected chi connectivity index (χ3v) is 7.54. The Morgan fingerprint density at radius 3 is 2.44 bits per heavy atom. The SMILES string of the molecule is CC[C@@H](C)C(O)(O)C(=O)C(=O)N1CCCC[C@H]1C(=O)O[C@@H](C)[C@H](N)C[C@@H]1CC[C@@H](O)[C@H](OC)C1. The molecule has 1 amide bonds. The molecule has 34 heavy (non-hydrogen) atoms. The summed E-state index contributed by atoms with van der Waals surface area (Å²) in [5, 5.41) is 30.4. The molecule has 10 heteroatoms. The molecule has 196 valence electrons. The fourth-order valence-corrected chi connectivity index (χ4v) is 4.80. The molecule has 1 saturated heterocycles. The Bertz CT molecular complexity index is 715. The van der Waals surface area contributed by atoms with Crippen molar-refractivity contribution in [3.05, 3.63) is 0 Å². The Morgan fingerprint density at radius 2 is 1.82 bits per heavy atom. The number of amides is 1. The van der Waals surface area contributed by atoms with Crippen LogP contribution in [0, 0.1) is 11.8 Å². The lowest BCUT2D eigenvalue weighted by atomic mass is 9.81. The number of nitrogens with zero attached hydrogens (tertiary/aromatic N) is 1. The van der Waals surface area contributed by atoms with E-state index >= 15 is 0 Å². The van der Waals surface area contributed by atoms with Gasteiger partial charge in [-0.3, -0.25) is 9.59 Å². The van der Waals surface area contributed by atoms with Gasteiger partial charge in [-0.25, -0.2) is 4.79 Å². The normalized spacial score (nSPS) is 28.6. The van der Waals surface area contributed by atoms with Crippen LogP contribution in [-0.2, 0) is 23.9 Å². The number of aliphatic hydroxyl groups is 3. The molecule has 5 N–H and O–H groups in total. The number of piperidine rings is 1. The summed E-state index contributed by atoms with van der Waals surface area (Å²) in [6.07, 6.45) is 3.26. The number of likely N-dealkylation sites (tertiary alicyclic amines) is 1. The van der Waals surface area contributed by atoms with E-state index in [0.717, 1.165) is 11.3 Å². The molecule has 0 aromatic rings. The number of methoxy groups -OCH3 is 1. The van der Waals surface area contributed by atoms with Crippen LogP contribution in [0.25, 0.3) is 0 Å². The summed E-state index contributed by atoms with van der Waals surface area (Å²) in [5.74, 6) is -6.47. The summed E-state index contributed by atoms with van der Waals surface area (Å²) in [6, 6.07) is -1.42. The van der Waals surface area contributed by atoms with Crippen molar-refractivity contribution in [3.8, 4) is 0 Å². The number of esters is 1. The molecule has 10 nitrogen and oxygen atoms in total. The van der Waals surface area contributed by atoms with Crippen LogP contribution in [0.4, 0.5) is 0 Å². The number of carbonyl (C=O) groups excluding carboxylic acids is 3. The Labute approximate surface area is 201 Å². The first-order chi connectivity index (χ1) is 15.9. The zero-order chi connectivity index (χ0) is 25.6. The molecule has 1 aliphatic carbocycles. The Hall–Kier alpha value is -1.59. The largest absolute Gasteiger partial charge is 0.459 e. The van der Waals surface area contributed by atoms with Gasteiger partial charge in [-0.05, 0) is 64.2 Å². The van der Waals surface area contributed by atoms with Crippen molar-refractivity contribution in [3.63, 3.8) is 0 Å². The van der Waals surface area contributed by atoms with Gasteiger partial charge in [0.05, 0.1) is 12.2 Å². The van der Waals surface area contributed by atoms with Crippen molar-refractivity contribution in [2.75, 3.05) is 13.7 Å². The van der Waals surface area contributed by atoms with E-state index in [4.69, 9.17) is 15.2 Å². The average Bonchev–Trinajstić information content (AvgIpc) is 2.83. The number of ketones is 1. The van der Waals surface area contributed by atoms with Gasteiger partial charge in [0, 0.05) is 25.6 Å². The molecule has 0 spiro atoms. The van der Waals surface area contributed by atoms with Crippen LogP contribution in [-0.4, -0.2) is 87.7 Å². The molecular weight excluding hydrogens is 444 g/mol. The van der Waals surface area contributed by atoms with Crippen molar-refractivity contribution in [2.45, 2.75) is 108 Å². The number of carbonyl (C=O) groups is 3. The fourth-order valence-electron chi connectivity index (χ4n) is 4.80. The fraction of sp³-hybridized carbons (Fsp3) is 0.875. The zero-order valence-electron chi connectivity index (χ0n) is 20.8. The van der Waals surface area contributed by atoms with Gasteiger partial charge in [0.1, 0.15) is 12.1 Å². The lowest BCUT2D eigenvalue weighted by molar-refractivity contribution is -0.205. The maximum absolute atomic E-state index is 13.0. The minimum Gasteiger partial charge on any atom is -0.459 e. The molecule has 0 aromatic heterocycles. The van der Waals surface area contributed by atoms with E-state index in [1.165, 1.54) is 6.92 Å². The van der Waals surface area contributed by atoms with E-state index in [1.807, 2.05) is 0 Å². The van der Waals surface area contributed by atoms with Gasteiger partial charge in [-0.1, -0.05) is 13.8 Å². The lowest BCUT2D eigenvalue weighted by Crippen LogP contribution is -2.58. The van der Waals surface area contributed by atoms with Crippen molar-refractivity contribution in [1.82, 2.24) is 4.90 Å². The number of ether oxygens (including phenoxy) is 2. The lowest BCUT2D eigenvalue weighted by Gasteiger charge is -2.37. The summed E-state index contributed by atoms with van der Waals surface area (Å²) >= 11 is 0. The van der Waals surface area contributed by atoms with Gasteiger partial charge in [0.15, 0.2) is 0 Å². The minimum absolute atomic E-state index is 0.157. The van der Waals surface area contributed by atoms with Gasteiger partial charge >= 0.3 is 5.97 Å². The van der Waals surface area contributed by atoms with Gasteiger partial charge < -0.3 is 35.4 Å². The van der Waals surface area contributed by atoms with E-state index in [2.05, 4.69) is 0 Å². The number of aliphatic hydroxyl groups excluding tert-OH is 1. The van der Waals surface area contributed by atoms with Crippen molar-refractivity contribution < 1.29 is 39.2 Å². The molecule has 1 aliphatic heterocycles. The van der Waals surface area contributed by atoms with Crippen LogP contribution in [0.1, 0.15) is 72.1 Å². The second-order valence-electron chi connectivity index (χ2n) is 9.94. The number of hydrogen-bond acceptors (Lipinski definition) is 9. The molecule has 7 atom stereocenters. The number of Topliss-reactive ketones (excluding diaryl/α,β-unsaturated/α-hetero) is 1. The second kappa shape index (κ2) is 12.4. The maximum atomic E-state index is 13.0. The van der Waals surface area contributed by atoms with Crippen molar-refractivity contribution >= 4 is 17.7 Å². The number of hydrogen-bond donors (Lipinski definition) is 4. The Balaban J connectivity index is 1.99. The molecule has 0 unspecified atom stereocenters. The van der Waals surface area contributed by atoms with Crippen LogP contribution >= 0.6 is 0 Å². The Kier molecular flexibility index (Phi) is 10.4. The van der Waals surface area contributed by atoms with Crippen molar-refractivity contribution in [1.29, 1.82) is 0 Å². The predicted molar refractivity (Wildman–Crippen MR) is 123 cm³/mol. The van der Waals surface area contributed by atoms with Crippen LogP contribution in [0.5, 0.6) is 0 Å². The molecule has 2 rings (SSSR count). The first kappa shape index (κ1) is 28.6. The highest BCUT2D eigenvalue weighted by molar-refractivity contribution is 6.39. The minimum atomic E-state index is -2.79. The summed E-state index contributed by atoms with van der Waals surface area (Å²) in [4.78, 5) is 39.5. The van der Waals surface area contributed by atoms with Crippen LogP contribution in [0.15, 0.2) is 0 Å². The van der Waals surface area contributed by atoms with Gasteiger partial charge in [0.25, 0.3) is 11.7 Å².